The predicted molar refractivity (Wildman–Crippen MR) is 119 cm³/mol. The van der Waals surface area contributed by atoms with E-state index in [2.05, 4.69) is 26.1 Å². The van der Waals surface area contributed by atoms with Gasteiger partial charge in [-0.3, -0.25) is 4.79 Å². The van der Waals surface area contributed by atoms with Crippen molar-refractivity contribution in [1.29, 1.82) is 0 Å². The summed E-state index contributed by atoms with van der Waals surface area (Å²) >= 11 is 5.87. The molecule has 1 aliphatic heterocycles. The molecule has 1 fully saturated rings. The Kier molecular flexibility index (Phi) is 5.55. The maximum atomic E-state index is 14.1. The summed E-state index contributed by atoms with van der Waals surface area (Å²) in [7, 11) is 0. The third-order valence-corrected chi connectivity index (χ3v) is 5.76. The van der Waals surface area contributed by atoms with Gasteiger partial charge in [0.25, 0.3) is 5.91 Å². The number of rotatable bonds is 2. The highest BCUT2D eigenvalue weighted by Gasteiger charge is 2.24. The van der Waals surface area contributed by atoms with Crippen LogP contribution in [-0.2, 0) is 5.54 Å². The first kappa shape index (κ1) is 20.8. The molecule has 3 aromatic rings. The van der Waals surface area contributed by atoms with Gasteiger partial charge < -0.3 is 14.8 Å². The first-order valence-electron chi connectivity index (χ1n) is 10.2. The number of nitrogens with zero attached hydrogens (tertiary/aromatic N) is 3. The van der Waals surface area contributed by atoms with Crippen LogP contribution in [0.25, 0.3) is 22.2 Å². The fraction of sp³-hybridized carbons (Fsp3) is 0.391. The van der Waals surface area contributed by atoms with Crippen LogP contribution in [0, 0.1) is 5.82 Å². The predicted octanol–water partition coefficient (Wildman–Crippen LogP) is 4.69. The van der Waals surface area contributed by atoms with E-state index in [1.54, 1.807) is 18.2 Å². The van der Waals surface area contributed by atoms with Gasteiger partial charge in [0.15, 0.2) is 0 Å². The van der Waals surface area contributed by atoms with Crippen LogP contribution in [0.4, 0.5) is 4.39 Å². The van der Waals surface area contributed by atoms with Gasteiger partial charge in [-0.15, -0.1) is 0 Å². The lowest BCUT2D eigenvalue weighted by Gasteiger charge is -2.23. The van der Waals surface area contributed by atoms with Crippen LogP contribution in [0.3, 0.4) is 0 Å². The number of pyridine rings is 1. The second kappa shape index (κ2) is 8.00. The number of fused-ring (bicyclic) bond motifs is 1. The zero-order valence-electron chi connectivity index (χ0n) is 17.5. The summed E-state index contributed by atoms with van der Waals surface area (Å²) in [4.78, 5) is 19.7. The van der Waals surface area contributed by atoms with E-state index in [1.807, 2.05) is 21.7 Å². The highest BCUT2D eigenvalue weighted by molar-refractivity contribution is 6.30. The van der Waals surface area contributed by atoms with E-state index in [1.165, 1.54) is 6.07 Å². The molecule has 0 saturated carbocycles. The number of amides is 1. The standard InChI is InChI=1S/C23H26ClFN4O/c1-23(2,3)29-14-17(15-5-7-18(24)19(25)13-15)16-6-8-20(27-21(16)29)22(30)28-11-4-9-26-10-12-28/h5-8,13-14,26H,4,9-12H2,1-3H3. The second-order valence-corrected chi connectivity index (χ2v) is 9.08. The quantitative estimate of drug-likeness (QED) is 0.644. The molecule has 1 aliphatic rings. The number of nitrogens with one attached hydrogen (secondary N) is 1. The minimum atomic E-state index is -0.458. The number of halogens is 2. The monoisotopic (exact) mass is 428 g/mol. The minimum absolute atomic E-state index is 0.0543. The molecule has 0 aliphatic carbocycles. The average Bonchev–Trinajstić information content (AvgIpc) is 2.89. The zero-order chi connectivity index (χ0) is 21.5. The molecule has 158 valence electrons. The van der Waals surface area contributed by atoms with Gasteiger partial charge in [-0.25, -0.2) is 9.37 Å². The van der Waals surface area contributed by atoms with Crippen molar-refractivity contribution in [2.24, 2.45) is 0 Å². The van der Waals surface area contributed by atoms with Crippen molar-refractivity contribution in [3.8, 4) is 11.1 Å². The number of carbonyl (C=O) groups excluding carboxylic acids is 1. The van der Waals surface area contributed by atoms with Gasteiger partial charge in [-0.05, 0) is 63.6 Å². The van der Waals surface area contributed by atoms with E-state index in [0.717, 1.165) is 42.6 Å². The van der Waals surface area contributed by atoms with Crippen molar-refractivity contribution in [2.45, 2.75) is 32.7 Å². The van der Waals surface area contributed by atoms with Gasteiger partial charge in [0, 0.05) is 42.3 Å². The number of hydrogen-bond acceptors (Lipinski definition) is 3. The Morgan fingerprint density at radius 2 is 1.97 bits per heavy atom. The molecule has 1 amide bonds. The van der Waals surface area contributed by atoms with Crippen LogP contribution in [0.5, 0.6) is 0 Å². The van der Waals surface area contributed by atoms with Gasteiger partial charge in [0.1, 0.15) is 17.2 Å². The number of benzene rings is 1. The lowest BCUT2D eigenvalue weighted by atomic mass is 10.1. The van der Waals surface area contributed by atoms with Crippen LogP contribution >= 0.6 is 11.6 Å². The van der Waals surface area contributed by atoms with E-state index in [9.17, 15) is 9.18 Å². The summed E-state index contributed by atoms with van der Waals surface area (Å²) in [5.41, 5.74) is 2.47. The Morgan fingerprint density at radius 3 is 2.70 bits per heavy atom. The number of aromatic nitrogens is 2. The van der Waals surface area contributed by atoms with Crippen molar-refractivity contribution in [3.63, 3.8) is 0 Å². The van der Waals surface area contributed by atoms with Crippen molar-refractivity contribution in [1.82, 2.24) is 19.8 Å². The lowest BCUT2D eigenvalue weighted by molar-refractivity contribution is 0.0760. The smallest absolute Gasteiger partial charge is 0.272 e. The van der Waals surface area contributed by atoms with Crippen LogP contribution in [0.2, 0.25) is 5.02 Å². The molecule has 1 aromatic carbocycles. The van der Waals surface area contributed by atoms with Crippen molar-refractivity contribution in [2.75, 3.05) is 26.2 Å². The summed E-state index contributed by atoms with van der Waals surface area (Å²) in [5.74, 6) is -0.512. The summed E-state index contributed by atoms with van der Waals surface area (Å²) < 4.78 is 16.2. The Hall–Kier alpha value is -2.44. The molecule has 0 unspecified atom stereocenters. The summed E-state index contributed by atoms with van der Waals surface area (Å²) in [5, 5.41) is 4.28. The number of hydrogen-bond donors (Lipinski definition) is 1. The fourth-order valence-corrected chi connectivity index (χ4v) is 3.95. The Labute approximate surface area is 180 Å². The van der Waals surface area contributed by atoms with Crippen molar-refractivity contribution < 1.29 is 9.18 Å². The second-order valence-electron chi connectivity index (χ2n) is 8.68. The Balaban J connectivity index is 1.82. The Bertz CT molecular complexity index is 1090. The van der Waals surface area contributed by atoms with Crippen LogP contribution in [-0.4, -0.2) is 46.5 Å². The maximum Gasteiger partial charge on any atom is 0.272 e. The van der Waals surface area contributed by atoms with E-state index < -0.39 is 5.82 Å². The van der Waals surface area contributed by atoms with Crippen LogP contribution in [0.15, 0.2) is 36.5 Å². The van der Waals surface area contributed by atoms with Gasteiger partial charge in [-0.1, -0.05) is 17.7 Å². The van der Waals surface area contributed by atoms with Crippen LogP contribution < -0.4 is 5.32 Å². The first-order valence-corrected chi connectivity index (χ1v) is 10.6. The molecule has 0 radical (unpaired) electrons. The highest BCUT2D eigenvalue weighted by atomic mass is 35.5. The normalized spacial score (nSPS) is 15.4. The van der Waals surface area contributed by atoms with Crippen LogP contribution in [0.1, 0.15) is 37.7 Å². The molecule has 1 N–H and O–H groups in total. The summed E-state index contributed by atoms with van der Waals surface area (Å²) in [6.07, 6.45) is 2.91. The molecule has 4 rings (SSSR count). The molecule has 1 saturated heterocycles. The molecule has 0 atom stereocenters. The van der Waals surface area contributed by atoms with Crippen molar-refractivity contribution in [3.05, 3.63) is 53.1 Å². The van der Waals surface area contributed by atoms with Gasteiger partial charge >= 0.3 is 0 Å². The van der Waals surface area contributed by atoms with E-state index in [-0.39, 0.29) is 16.5 Å². The summed E-state index contributed by atoms with van der Waals surface area (Å²) in [6, 6.07) is 8.48. The third-order valence-electron chi connectivity index (χ3n) is 5.45. The van der Waals surface area contributed by atoms with Gasteiger partial charge in [0.2, 0.25) is 0 Å². The molecule has 5 nitrogen and oxygen atoms in total. The first-order chi connectivity index (χ1) is 14.3. The largest absolute Gasteiger partial charge is 0.336 e. The Morgan fingerprint density at radius 1 is 1.17 bits per heavy atom. The molecule has 0 spiro atoms. The van der Waals surface area contributed by atoms with E-state index in [4.69, 9.17) is 16.6 Å². The highest BCUT2D eigenvalue weighted by Crippen LogP contribution is 2.34. The van der Waals surface area contributed by atoms with Crippen molar-refractivity contribution >= 4 is 28.5 Å². The molecule has 0 bridgehead atoms. The molecule has 3 heterocycles. The molecule has 2 aromatic heterocycles. The zero-order valence-corrected chi connectivity index (χ0v) is 18.3. The van der Waals surface area contributed by atoms with Gasteiger partial charge in [0.05, 0.1) is 5.02 Å². The average molecular weight is 429 g/mol. The molecular weight excluding hydrogens is 403 g/mol. The molecular formula is C23H26ClFN4O. The SMILES string of the molecule is CC(C)(C)n1cc(-c2ccc(Cl)c(F)c2)c2ccc(C(=O)N3CCCNCC3)nc21. The maximum absolute atomic E-state index is 14.1. The summed E-state index contributed by atoms with van der Waals surface area (Å²) in [6.45, 7) is 9.35. The molecule has 7 heteroatoms. The topological polar surface area (TPSA) is 50.2 Å². The van der Waals surface area contributed by atoms with Gasteiger partial charge in [-0.2, -0.15) is 0 Å². The number of carbonyl (C=O) groups is 1. The fourth-order valence-electron chi connectivity index (χ4n) is 3.84. The van der Waals surface area contributed by atoms with E-state index in [0.29, 0.717) is 17.9 Å². The lowest BCUT2D eigenvalue weighted by Crippen LogP contribution is -2.34. The van der Waals surface area contributed by atoms with E-state index >= 15 is 0 Å². The molecule has 30 heavy (non-hydrogen) atoms. The minimum Gasteiger partial charge on any atom is -0.336 e. The third kappa shape index (κ3) is 3.94.